The van der Waals surface area contributed by atoms with Crippen LogP contribution in [0.2, 0.25) is 0 Å². The van der Waals surface area contributed by atoms with Crippen LogP contribution in [-0.4, -0.2) is 41.4 Å². The molecule has 0 amide bonds. The van der Waals surface area contributed by atoms with E-state index in [-0.39, 0.29) is 0 Å². The van der Waals surface area contributed by atoms with Gasteiger partial charge in [0.05, 0.1) is 0 Å². The van der Waals surface area contributed by atoms with Gasteiger partial charge in [0.25, 0.3) is 0 Å². The zero-order chi connectivity index (χ0) is 13.6. The molecule has 17 heavy (non-hydrogen) atoms. The van der Waals surface area contributed by atoms with Crippen LogP contribution >= 0.6 is 0 Å². The van der Waals surface area contributed by atoms with Gasteiger partial charge >= 0.3 is 31.4 Å². The summed E-state index contributed by atoms with van der Waals surface area (Å²) in [6.07, 6.45) is -2.96. The fourth-order valence-electron chi connectivity index (χ4n) is 0.792. The van der Waals surface area contributed by atoms with E-state index in [1.807, 2.05) is 0 Å². The number of rotatable bonds is 5. The highest BCUT2D eigenvalue weighted by atomic mass is 17.0. The fourth-order valence-corrected chi connectivity index (χ4v) is 0.792. The third kappa shape index (κ3) is 6.50. The summed E-state index contributed by atoms with van der Waals surface area (Å²) in [5, 5.41) is 17.2. The minimum Gasteiger partial charge on any atom is -0.401 e. The largest absolute Gasteiger partial charge is 0.642 e. The molecule has 0 saturated heterocycles. The van der Waals surface area contributed by atoms with Gasteiger partial charge in [-0.1, -0.05) is 0 Å². The molecule has 2 N–H and O–H groups in total. The maximum atomic E-state index is 10.8. The molecule has 0 spiro atoms. The van der Waals surface area contributed by atoms with E-state index in [1.54, 1.807) is 0 Å². The van der Waals surface area contributed by atoms with Crippen LogP contribution in [0.4, 0.5) is 0 Å². The summed E-state index contributed by atoms with van der Waals surface area (Å²) < 4.78 is 17.1. The Morgan fingerprint density at radius 2 is 1.18 bits per heavy atom. The molecule has 0 rings (SSSR count). The van der Waals surface area contributed by atoms with Crippen LogP contribution in [0.15, 0.2) is 0 Å². The Balaban J connectivity index is 5.09. The normalized spacial score (nSPS) is 10.4. The van der Waals surface area contributed by atoms with Crippen molar-refractivity contribution in [2.75, 3.05) is 0 Å². The molecule has 0 bridgehead atoms. The van der Waals surface area contributed by atoms with E-state index < -0.39 is 31.4 Å². The van der Waals surface area contributed by atoms with Gasteiger partial charge in [-0.05, 0) is 0 Å². The first-order valence-electron chi connectivity index (χ1n) is 4.29. The number of carbonyl (C=O) groups is 3. The molecule has 10 heteroatoms. The van der Waals surface area contributed by atoms with E-state index in [4.69, 9.17) is 10.0 Å². The average Bonchev–Trinajstić information content (AvgIpc) is 1.95. The smallest absolute Gasteiger partial charge is 0.401 e. The molecule has 9 nitrogen and oxygen atoms in total. The van der Waals surface area contributed by atoms with Crippen LogP contribution < -0.4 is 0 Å². The third-order valence-corrected chi connectivity index (χ3v) is 1.06. The number of hydrogen-bond donors (Lipinski definition) is 2. The molecular formula is C7H11BO9. The Kier molecular flexibility index (Phi) is 5.58. The van der Waals surface area contributed by atoms with Crippen molar-refractivity contribution >= 4 is 25.2 Å². The summed E-state index contributed by atoms with van der Waals surface area (Å²) in [4.78, 5) is 32.3. The molecule has 0 aromatic carbocycles. The van der Waals surface area contributed by atoms with Gasteiger partial charge in [-0.25, -0.2) is 0 Å². The van der Waals surface area contributed by atoms with Gasteiger partial charge in [0.2, 0.25) is 0 Å². The van der Waals surface area contributed by atoms with E-state index in [2.05, 4.69) is 18.9 Å². The fraction of sp³-hybridized carbons (Fsp3) is 0.571. The second kappa shape index (κ2) is 6.18. The van der Waals surface area contributed by atoms with Crippen LogP contribution in [0.3, 0.4) is 0 Å². The highest BCUT2D eigenvalue weighted by molar-refractivity contribution is 6.32. The zero-order valence-electron chi connectivity index (χ0n) is 9.33. The Hall–Kier alpha value is -1.65. The third-order valence-electron chi connectivity index (χ3n) is 1.06. The second-order valence-corrected chi connectivity index (χ2v) is 2.73. The Labute approximate surface area is 96.4 Å². The van der Waals surface area contributed by atoms with Crippen molar-refractivity contribution < 1.29 is 43.3 Å². The Morgan fingerprint density at radius 3 is 1.35 bits per heavy atom. The lowest BCUT2D eigenvalue weighted by Crippen LogP contribution is -2.49. The maximum Gasteiger partial charge on any atom is 0.642 e. The van der Waals surface area contributed by atoms with Gasteiger partial charge in [-0.2, -0.15) is 0 Å². The van der Waals surface area contributed by atoms with Crippen molar-refractivity contribution in [3.8, 4) is 0 Å². The number of hydrogen-bond acceptors (Lipinski definition) is 9. The van der Waals surface area contributed by atoms with Crippen LogP contribution in [0, 0.1) is 0 Å². The molecule has 0 aromatic rings. The molecular weight excluding hydrogens is 239 g/mol. The lowest BCUT2D eigenvalue weighted by Gasteiger charge is -2.28. The first kappa shape index (κ1) is 15.4. The quantitative estimate of drug-likeness (QED) is 0.332. The van der Waals surface area contributed by atoms with Crippen molar-refractivity contribution in [1.82, 2.24) is 0 Å². The van der Waals surface area contributed by atoms with Gasteiger partial charge in [-0.3, -0.25) is 19.0 Å². The van der Waals surface area contributed by atoms with Crippen molar-refractivity contribution in [3.63, 3.8) is 0 Å². The average molecular weight is 250 g/mol. The predicted octanol–water partition coefficient (Wildman–Crippen LogP) is -1.73. The standard InChI is InChI=1S/C7H11BO9/c1-4(9)14-7(15-5(2)10,16-6(3)11)17-8(12)13/h12-13H,1-3H3. The molecule has 0 fully saturated rings. The molecule has 0 aliphatic heterocycles. The van der Waals surface area contributed by atoms with Crippen molar-refractivity contribution in [2.24, 2.45) is 0 Å². The van der Waals surface area contributed by atoms with Gasteiger partial charge in [-0.15, -0.1) is 0 Å². The molecule has 0 saturated carbocycles. The van der Waals surface area contributed by atoms with E-state index in [0.29, 0.717) is 0 Å². The van der Waals surface area contributed by atoms with Gasteiger partial charge in [0, 0.05) is 20.8 Å². The maximum absolute atomic E-state index is 10.8. The predicted molar refractivity (Wildman–Crippen MR) is 49.3 cm³/mol. The Morgan fingerprint density at radius 1 is 0.882 bits per heavy atom. The van der Waals surface area contributed by atoms with Crippen LogP contribution in [0.25, 0.3) is 0 Å². The summed E-state index contributed by atoms with van der Waals surface area (Å²) >= 11 is 0. The zero-order valence-corrected chi connectivity index (χ0v) is 9.33. The monoisotopic (exact) mass is 250 g/mol. The summed E-state index contributed by atoms with van der Waals surface area (Å²) in [6.45, 7) is 2.69. The summed E-state index contributed by atoms with van der Waals surface area (Å²) in [5.74, 6) is -3.14. The van der Waals surface area contributed by atoms with E-state index in [1.165, 1.54) is 0 Å². The van der Waals surface area contributed by atoms with Crippen LogP contribution in [0.1, 0.15) is 20.8 Å². The summed E-state index contributed by atoms with van der Waals surface area (Å²) in [5.41, 5.74) is 0. The van der Waals surface area contributed by atoms with Crippen molar-refractivity contribution in [2.45, 2.75) is 26.9 Å². The molecule has 0 heterocycles. The SMILES string of the molecule is CC(=O)OC(OB(O)O)(OC(C)=O)OC(C)=O. The molecule has 0 unspecified atom stereocenters. The molecule has 0 aromatic heterocycles. The number of carbonyl (C=O) groups excluding carboxylic acids is 3. The number of esters is 3. The number of ether oxygens (including phenoxy) is 3. The van der Waals surface area contributed by atoms with Crippen LogP contribution in [0.5, 0.6) is 0 Å². The molecule has 0 atom stereocenters. The summed E-state index contributed by atoms with van der Waals surface area (Å²) in [7, 11) is -2.51. The second-order valence-electron chi connectivity index (χ2n) is 2.73. The molecule has 96 valence electrons. The lowest BCUT2D eigenvalue weighted by atomic mass is 10.3. The van der Waals surface area contributed by atoms with Gasteiger partial charge < -0.3 is 24.3 Å². The molecule has 0 radical (unpaired) electrons. The van der Waals surface area contributed by atoms with E-state index in [9.17, 15) is 14.4 Å². The van der Waals surface area contributed by atoms with Gasteiger partial charge in [0.1, 0.15) is 0 Å². The van der Waals surface area contributed by atoms with Gasteiger partial charge in [0.15, 0.2) is 0 Å². The Bertz CT molecular complexity index is 272. The summed E-state index contributed by atoms with van der Waals surface area (Å²) in [6, 6.07) is 0. The van der Waals surface area contributed by atoms with Crippen LogP contribution in [-0.2, 0) is 33.2 Å². The van der Waals surface area contributed by atoms with E-state index >= 15 is 0 Å². The minimum atomic E-state index is -2.96. The highest BCUT2D eigenvalue weighted by Gasteiger charge is 2.47. The lowest BCUT2D eigenvalue weighted by molar-refractivity contribution is -0.424. The minimum absolute atomic E-state index is 0.898. The van der Waals surface area contributed by atoms with E-state index in [0.717, 1.165) is 20.8 Å². The van der Waals surface area contributed by atoms with Crippen molar-refractivity contribution in [1.29, 1.82) is 0 Å². The molecule has 0 aliphatic carbocycles. The topological polar surface area (TPSA) is 129 Å². The molecule has 0 aliphatic rings. The highest BCUT2D eigenvalue weighted by Crippen LogP contribution is 2.19. The van der Waals surface area contributed by atoms with Crippen molar-refractivity contribution in [3.05, 3.63) is 0 Å². The first-order valence-corrected chi connectivity index (χ1v) is 4.29. The first-order chi connectivity index (χ1) is 7.67.